The van der Waals surface area contributed by atoms with E-state index in [1.807, 2.05) is 19.1 Å². The lowest BCUT2D eigenvalue weighted by molar-refractivity contribution is 0.471. The van der Waals surface area contributed by atoms with Crippen LogP contribution in [0.2, 0.25) is 0 Å². The Balaban J connectivity index is 2.07. The number of halogens is 2. The quantitative estimate of drug-likeness (QED) is 0.873. The Morgan fingerprint density at radius 1 is 1.38 bits per heavy atom. The summed E-state index contributed by atoms with van der Waals surface area (Å²) in [5, 5.41) is 3.15. The molecule has 1 unspecified atom stereocenters. The van der Waals surface area contributed by atoms with Gasteiger partial charge in [0.15, 0.2) is 4.67 Å². The number of furan rings is 1. The van der Waals surface area contributed by atoms with Crippen molar-refractivity contribution in [2.24, 2.45) is 0 Å². The highest BCUT2D eigenvalue weighted by molar-refractivity contribution is 9.10. The van der Waals surface area contributed by atoms with Gasteiger partial charge < -0.3 is 9.73 Å². The minimum Gasteiger partial charge on any atom is -0.452 e. The molecule has 2 aromatic rings. The number of rotatable bonds is 3. The van der Waals surface area contributed by atoms with Gasteiger partial charge in [-0.3, -0.25) is 0 Å². The molecule has 0 aliphatic rings. The van der Waals surface area contributed by atoms with E-state index in [0.29, 0.717) is 4.67 Å². The molecule has 0 fully saturated rings. The highest BCUT2D eigenvalue weighted by Gasteiger charge is 2.09. The van der Waals surface area contributed by atoms with E-state index in [0.717, 1.165) is 11.4 Å². The summed E-state index contributed by atoms with van der Waals surface area (Å²) in [6, 6.07) is 6.65. The van der Waals surface area contributed by atoms with Crippen molar-refractivity contribution in [3.05, 3.63) is 46.8 Å². The van der Waals surface area contributed by atoms with Crippen LogP contribution < -0.4 is 5.32 Å². The summed E-state index contributed by atoms with van der Waals surface area (Å²) in [4.78, 5) is 3.56. The third kappa shape index (κ3) is 2.61. The number of hydrogen-bond acceptors (Lipinski definition) is 3. The van der Waals surface area contributed by atoms with Crippen LogP contribution in [0, 0.1) is 5.95 Å². The maximum absolute atomic E-state index is 12.6. The molecule has 0 aliphatic carbocycles. The lowest BCUT2D eigenvalue weighted by atomic mass is 10.2. The van der Waals surface area contributed by atoms with Crippen LogP contribution in [0.1, 0.15) is 18.7 Å². The lowest BCUT2D eigenvalue weighted by Crippen LogP contribution is -2.05. The summed E-state index contributed by atoms with van der Waals surface area (Å²) in [5.74, 6) is 0.315. The minimum absolute atomic E-state index is 0.00133. The van der Waals surface area contributed by atoms with Crippen molar-refractivity contribution in [1.82, 2.24) is 4.98 Å². The number of pyridine rings is 1. The standard InChI is InChI=1S/C11H10BrFN2O/c1-7(9-3-4-10(12)16-9)15-8-2-5-11(13)14-6-8/h2-7,15H,1H3. The van der Waals surface area contributed by atoms with Crippen molar-refractivity contribution in [2.45, 2.75) is 13.0 Å². The smallest absolute Gasteiger partial charge is 0.212 e. The summed E-state index contributed by atoms with van der Waals surface area (Å²) in [7, 11) is 0. The van der Waals surface area contributed by atoms with Crippen molar-refractivity contribution in [2.75, 3.05) is 5.32 Å². The first-order valence-corrected chi connectivity index (χ1v) is 5.58. The van der Waals surface area contributed by atoms with E-state index in [2.05, 4.69) is 26.2 Å². The van der Waals surface area contributed by atoms with E-state index in [9.17, 15) is 4.39 Å². The van der Waals surface area contributed by atoms with Gasteiger partial charge in [-0.25, -0.2) is 4.98 Å². The molecule has 0 saturated heterocycles. The Hall–Kier alpha value is -1.36. The molecule has 2 rings (SSSR count). The zero-order valence-electron chi connectivity index (χ0n) is 8.58. The highest BCUT2D eigenvalue weighted by Crippen LogP contribution is 2.23. The average molecular weight is 285 g/mol. The summed E-state index contributed by atoms with van der Waals surface area (Å²) >= 11 is 3.24. The van der Waals surface area contributed by atoms with Gasteiger partial charge in [0.05, 0.1) is 17.9 Å². The molecule has 0 bridgehead atoms. The first kappa shape index (κ1) is 11.1. The van der Waals surface area contributed by atoms with E-state index >= 15 is 0 Å². The second kappa shape index (κ2) is 4.65. The number of aromatic nitrogens is 1. The van der Waals surface area contributed by atoms with E-state index < -0.39 is 5.95 Å². The first-order chi connectivity index (χ1) is 7.65. The van der Waals surface area contributed by atoms with Gasteiger partial charge in [0.2, 0.25) is 5.95 Å². The van der Waals surface area contributed by atoms with Crippen molar-refractivity contribution in [1.29, 1.82) is 0 Å². The Bertz CT molecular complexity index is 469. The first-order valence-electron chi connectivity index (χ1n) is 4.78. The zero-order valence-corrected chi connectivity index (χ0v) is 10.2. The predicted molar refractivity (Wildman–Crippen MR) is 62.6 cm³/mol. The van der Waals surface area contributed by atoms with Gasteiger partial charge in [-0.2, -0.15) is 4.39 Å². The number of anilines is 1. The normalized spacial score (nSPS) is 12.4. The molecule has 1 atom stereocenters. The van der Waals surface area contributed by atoms with Crippen molar-refractivity contribution in [3.63, 3.8) is 0 Å². The van der Waals surface area contributed by atoms with Gasteiger partial charge in [-0.15, -0.1) is 0 Å². The molecule has 2 aromatic heterocycles. The van der Waals surface area contributed by atoms with E-state index in [-0.39, 0.29) is 6.04 Å². The van der Waals surface area contributed by atoms with Gasteiger partial charge in [0, 0.05) is 0 Å². The number of hydrogen-bond donors (Lipinski definition) is 1. The summed E-state index contributed by atoms with van der Waals surface area (Å²) in [5.41, 5.74) is 0.751. The highest BCUT2D eigenvalue weighted by atomic mass is 79.9. The molecule has 0 amide bonds. The van der Waals surface area contributed by atoms with Crippen LogP contribution in [0.5, 0.6) is 0 Å². The van der Waals surface area contributed by atoms with Crippen LogP contribution in [0.4, 0.5) is 10.1 Å². The molecule has 16 heavy (non-hydrogen) atoms. The maximum atomic E-state index is 12.6. The molecule has 3 nitrogen and oxygen atoms in total. The van der Waals surface area contributed by atoms with Crippen LogP contribution in [-0.4, -0.2) is 4.98 Å². The second-order valence-corrected chi connectivity index (χ2v) is 4.16. The fourth-order valence-electron chi connectivity index (χ4n) is 1.34. The van der Waals surface area contributed by atoms with Crippen molar-refractivity contribution >= 4 is 21.6 Å². The molecule has 2 heterocycles. The summed E-state index contributed by atoms with van der Waals surface area (Å²) in [6.07, 6.45) is 1.45. The molecular formula is C11H10BrFN2O. The lowest BCUT2D eigenvalue weighted by Gasteiger charge is -2.12. The van der Waals surface area contributed by atoms with E-state index in [1.54, 1.807) is 6.07 Å². The van der Waals surface area contributed by atoms with Crippen LogP contribution in [0.25, 0.3) is 0 Å². The SMILES string of the molecule is CC(Nc1ccc(F)nc1)c1ccc(Br)o1. The van der Waals surface area contributed by atoms with Gasteiger partial charge in [-0.1, -0.05) is 0 Å². The van der Waals surface area contributed by atoms with E-state index in [1.165, 1.54) is 12.3 Å². The summed E-state index contributed by atoms with van der Waals surface area (Å²) < 4.78 is 18.7. The fraction of sp³-hybridized carbons (Fsp3) is 0.182. The van der Waals surface area contributed by atoms with Crippen molar-refractivity contribution in [3.8, 4) is 0 Å². The number of nitrogens with zero attached hydrogens (tertiary/aromatic N) is 1. The van der Waals surface area contributed by atoms with Crippen LogP contribution in [-0.2, 0) is 0 Å². The molecule has 0 aromatic carbocycles. The second-order valence-electron chi connectivity index (χ2n) is 3.38. The van der Waals surface area contributed by atoms with Gasteiger partial charge in [-0.05, 0) is 47.1 Å². The Kier molecular flexibility index (Phi) is 3.24. The monoisotopic (exact) mass is 284 g/mol. The van der Waals surface area contributed by atoms with Gasteiger partial charge in [0.25, 0.3) is 0 Å². The Labute approximate surface area is 101 Å². The molecule has 0 aliphatic heterocycles. The Morgan fingerprint density at radius 3 is 2.75 bits per heavy atom. The molecule has 0 spiro atoms. The van der Waals surface area contributed by atoms with Gasteiger partial charge in [0.1, 0.15) is 5.76 Å². The van der Waals surface area contributed by atoms with Crippen LogP contribution in [0.15, 0.2) is 39.5 Å². The third-order valence-corrected chi connectivity index (χ3v) is 2.56. The molecule has 1 N–H and O–H groups in total. The number of nitrogens with one attached hydrogen (secondary N) is 1. The zero-order chi connectivity index (χ0) is 11.5. The summed E-state index contributed by atoms with van der Waals surface area (Å²) in [6.45, 7) is 1.95. The van der Waals surface area contributed by atoms with Gasteiger partial charge >= 0.3 is 0 Å². The van der Waals surface area contributed by atoms with Crippen LogP contribution >= 0.6 is 15.9 Å². The Morgan fingerprint density at radius 2 is 2.19 bits per heavy atom. The fourth-order valence-corrected chi connectivity index (χ4v) is 1.66. The average Bonchev–Trinajstić information content (AvgIpc) is 2.68. The largest absolute Gasteiger partial charge is 0.452 e. The van der Waals surface area contributed by atoms with Crippen molar-refractivity contribution < 1.29 is 8.81 Å². The van der Waals surface area contributed by atoms with Crippen LogP contribution in [0.3, 0.4) is 0 Å². The molecule has 0 radical (unpaired) electrons. The molecule has 5 heteroatoms. The minimum atomic E-state index is -0.487. The maximum Gasteiger partial charge on any atom is 0.212 e. The van der Waals surface area contributed by atoms with E-state index in [4.69, 9.17) is 4.42 Å². The molecule has 0 saturated carbocycles. The molecule has 84 valence electrons. The molecular weight excluding hydrogens is 275 g/mol. The predicted octanol–water partition coefficient (Wildman–Crippen LogP) is 3.75. The topological polar surface area (TPSA) is 38.1 Å². The third-order valence-electron chi connectivity index (χ3n) is 2.13.